The third-order valence-electron chi connectivity index (χ3n) is 5.18. The summed E-state index contributed by atoms with van der Waals surface area (Å²) in [6, 6.07) is 6.81. The van der Waals surface area contributed by atoms with E-state index in [1.54, 1.807) is 18.5 Å². The number of aromatic amines is 1. The average molecular weight is 372 g/mol. The zero-order valence-electron chi connectivity index (χ0n) is 16.4. The Morgan fingerprint density at radius 1 is 1.37 bits per heavy atom. The molecule has 27 heavy (non-hydrogen) atoms. The number of piperidine rings is 1. The van der Waals surface area contributed by atoms with Crippen LogP contribution in [0.4, 0.5) is 4.39 Å². The number of benzene rings is 1. The van der Waals surface area contributed by atoms with Crippen LogP contribution in [-0.2, 0) is 5.41 Å². The molecule has 146 valence electrons. The van der Waals surface area contributed by atoms with Crippen molar-refractivity contribution in [2.45, 2.75) is 44.9 Å². The van der Waals surface area contributed by atoms with Crippen LogP contribution < -0.4 is 5.32 Å². The molecule has 0 saturated carbocycles. The molecular weight excluding hydrogens is 343 g/mol. The number of hydrogen-bond donors (Lipinski definition) is 2. The molecule has 0 atom stereocenters. The van der Waals surface area contributed by atoms with Crippen LogP contribution in [0.1, 0.15) is 50.9 Å². The first-order valence-electron chi connectivity index (χ1n) is 9.64. The van der Waals surface area contributed by atoms with E-state index in [2.05, 4.69) is 46.2 Å². The molecular formula is C20H29FN6. The minimum atomic E-state index is -0.235. The van der Waals surface area contributed by atoms with Gasteiger partial charge in [0.25, 0.3) is 0 Å². The number of nitrogens with one attached hydrogen (secondary N) is 2. The van der Waals surface area contributed by atoms with E-state index in [1.165, 1.54) is 6.07 Å². The summed E-state index contributed by atoms with van der Waals surface area (Å²) in [6.45, 7) is 9.56. The van der Waals surface area contributed by atoms with E-state index in [0.29, 0.717) is 12.5 Å². The SMILES string of the molecule is CCNC(=NCC(C)(C)c1cccc(F)c1)N1CCC(c2ncn[nH]2)CC1. The zero-order valence-corrected chi connectivity index (χ0v) is 16.4. The fraction of sp³-hybridized carbons (Fsp3) is 0.550. The number of rotatable bonds is 5. The van der Waals surface area contributed by atoms with E-state index < -0.39 is 0 Å². The van der Waals surface area contributed by atoms with E-state index in [-0.39, 0.29) is 11.2 Å². The Bertz CT molecular complexity index is 748. The van der Waals surface area contributed by atoms with Gasteiger partial charge in [-0.1, -0.05) is 26.0 Å². The Morgan fingerprint density at radius 2 is 2.15 bits per heavy atom. The molecule has 3 rings (SSSR count). The molecule has 1 aromatic carbocycles. The molecule has 6 nitrogen and oxygen atoms in total. The van der Waals surface area contributed by atoms with Crippen LogP contribution >= 0.6 is 0 Å². The monoisotopic (exact) mass is 372 g/mol. The lowest BCUT2D eigenvalue weighted by Crippen LogP contribution is -2.46. The standard InChI is InChI=1S/C20H29FN6/c1-4-22-19(23-13-20(2,3)16-6-5-7-17(21)12-16)27-10-8-15(9-11-27)18-24-14-25-26-18/h5-7,12,14-15H,4,8-11,13H2,1-3H3,(H,22,23)(H,24,25,26). The van der Waals surface area contributed by atoms with Gasteiger partial charge < -0.3 is 10.2 Å². The van der Waals surface area contributed by atoms with Crippen molar-refractivity contribution in [2.24, 2.45) is 4.99 Å². The van der Waals surface area contributed by atoms with E-state index in [9.17, 15) is 4.39 Å². The molecule has 0 aliphatic carbocycles. The number of nitrogens with zero attached hydrogens (tertiary/aromatic N) is 4. The number of halogens is 1. The van der Waals surface area contributed by atoms with Crippen molar-refractivity contribution >= 4 is 5.96 Å². The van der Waals surface area contributed by atoms with Gasteiger partial charge in [0.05, 0.1) is 6.54 Å². The topological polar surface area (TPSA) is 69.2 Å². The number of aliphatic imine (C=N–C) groups is 1. The van der Waals surface area contributed by atoms with Gasteiger partial charge in [-0.15, -0.1) is 0 Å². The van der Waals surface area contributed by atoms with Gasteiger partial charge in [-0.2, -0.15) is 5.10 Å². The second-order valence-electron chi connectivity index (χ2n) is 7.70. The molecule has 2 heterocycles. The molecule has 1 aromatic heterocycles. The van der Waals surface area contributed by atoms with Gasteiger partial charge in [-0.3, -0.25) is 10.1 Å². The van der Waals surface area contributed by atoms with Gasteiger partial charge in [-0.05, 0) is 37.5 Å². The summed E-state index contributed by atoms with van der Waals surface area (Å²) in [4.78, 5) is 11.5. The van der Waals surface area contributed by atoms with Crippen molar-refractivity contribution in [3.8, 4) is 0 Å². The molecule has 0 unspecified atom stereocenters. The molecule has 2 N–H and O–H groups in total. The van der Waals surface area contributed by atoms with Gasteiger partial charge in [0.2, 0.25) is 0 Å². The highest BCUT2D eigenvalue weighted by atomic mass is 19.1. The van der Waals surface area contributed by atoms with Gasteiger partial charge in [0.1, 0.15) is 18.0 Å². The van der Waals surface area contributed by atoms with Crippen LogP contribution in [0.5, 0.6) is 0 Å². The molecule has 0 spiro atoms. The van der Waals surface area contributed by atoms with Crippen LogP contribution in [0.25, 0.3) is 0 Å². The maximum absolute atomic E-state index is 13.6. The first kappa shape index (κ1) is 19.3. The van der Waals surface area contributed by atoms with Gasteiger partial charge in [0, 0.05) is 31.0 Å². The van der Waals surface area contributed by atoms with E-state index >= 15 is 0 Å². The smallest absolute Gasteiger partial charge is 0.193 e. The van der Waals surface area contributed by atoms with E-state index in [0.717, 1.165) is 49.8 Å². The summed E-state index contributed by atoms with van der Waals surface area (Å²) >= 11 is 0. The van der Waals surface area contributed by atoms with Crippen molar-refractivity contribution in [3.63, 3.8) is 0 Å². The van der Waals surface area contributed by atoms with Crippen molar-refractivity contribution in [2.75, 3.05) is 26.2 Å². The summed E-state index contributed by atoms with van der Waals surface area (Å²) in [7, 11) is 0. The Morgan fingerprint density at radius 3 is 2.78 bits per heavy atom. The normalized spacial score (nSPS) is 16.6. The lowest BCUT2D eigenvalue weighted by Gasteiger charge is -2.34. The second-order valence-corrected chi connectivity index (χ2v) is 7.70. The average Bonchev–Trinajstić information content (AvgIpc) is 3.20. The van der Waals surface area contributed by atoms with Crippen LogP contribution in [0, 0.1) is 5.82 Å². The highest BCUT2D eigenvalue weighted by Gasteiger charge is 2.26. The first-order valence-corrected chi connectivity index (χ1v) is 9.64. The Hall–Kier alpha value is -2.44. The fourth-order valence-electron chi connectivity index (χ4n) is 3.48. The molecule has 1 aliphatic heterocycles. The van der Waals surface area contributed by atoms with Crippen molar-refractivity contribution in [1.29, 1.82) is 0 Å². The number of likely N-dealkylation sites (tertiary alicyclic amines) is 1. The predicted octanol–water partition coefficient (Wildman–Crippen LogP) is 3.07. The molecule has 2 aromatic rings. The van der Waals surface area contributed by atoms with Gasteiger partial charge in [-0.25, -0.2) is 9.37 Å². The molecule has 7 heteroatoms. The first-order chi connectivity index (χ1) is 13.0. The summed E-state index contributed by atoms with van der Waals surface area (Å²) in [5, 5.41) is 10.4. The van der Waals surface area contributed by atoms with Crippen LogP contribution in [0.2, 0.25) is 0 Å². The molecule has 1 aliphatic rings. The van der Waals surface area contributed by atoms with Crippen LogP contribution in [0.3, 0.4) is 0 Å². The van der Waals surface area contributed by atoms with E-state index in [1.807, 2.05) is 6.07 Å². The fourth-order valence-corrected chi connectivity index (χ4v) is 3.48. The van der Waals surface area contributed by atoms with Crippen molar-refractivity contribution < 1.29 is 4.39 Å². The van der Waals surface area contributed by atoms with Crippen LogP contribution in [-0.4, -0.2) is 52.2 Å². The summed E-state index contributed by atoms with van der Waals surface area (Å²) < 4.78 is 13.6. The Labute approximate surface area is 160 Å². The largest absolute Gasteiger partial charge is 0.357 e. The van der Waals surface area contributed by atoms with Crippen molar-refractivity contribution in [1.82, 2.24) is 25.4 Å². The third-order valence-corrected chi connectivity index (χ3v) is 5.18. The second kappa shape index (κ2) is 8.50. The minimum absolute atomic E-state index is 0.203. The van der Waals surface area contributed by atoms with Gasteiger partial charge in [0.15, 0.2) is 5.96 Å². The molecule has 1 saturated heterocycles. The summed E-state index contributed by atoms with van der Waals surface area (Å²) in [5.74, 6) is 2.13. The highest BCUT2D eigenvalue weighted by molar-refractivity contribution is 5.80. The quantitative estimate of drug-likeness (QED) is 0.625. The minimum Gasteiger partial charge on any atom is -0.357 e. The Kier molecular flexibility index (Phi) is 6.08. The van der Waals surface area contributed by atoms with Crippen LogP contribution in [0.15, 0.2) is 35.6 Å². The number of H-pyrrole nitrogens is 1. The lowest BCUT2D eigenvalue weighted by molar-refractivity contribution is 0.298. The van der Waals surface area contributed by atoms with E-state index in [4.69, 9.17) is 4.99 Å². The third kappa shape index (κ3) is 4.84. The Balaban J connectivity index is 1.66. The predicted molar refractivity (Wildman–Crippen MR) is 105 cm³/mol. The molecule has 0 amide bonds. The maximum atomic E-state index is 13.6. The highest BCUT2D eigenvalue weighted by Crippen LogP contribution is 2.26. The zero-order chi connectivity index (χ0) is 19.3. The molecule has 0 radical (unpaired) electrons. The molecule has 0 bridgehead atoms. The van der Waals surface area contributed by atoms with Crippen molar-refractivity contribution in [3.05, 3.63) is 47.8 Å². The number of guanidine groups is 1. The summed E-state index contributed by atoms with van der Waals surface area (Å²) in [6.07, 6.45) is 3.61. The number of aromatic nitrogens is 3. The van der Waals surface area contributed by atoms with Gasteiger partial charge >= 0.3 is 0 Å². The summed E-state index contributed by atoms with van der Waals surface area (Å²) in [5.41, 5.74) is 0.729. The molecule has 1 fully saturated rings. The lowest BCUT2D eigenvalue weighted by atomic mass is 9.85. The number of hydrogen-bond acceptors (Lipinski definition) is 3. The maximum Gasteiger partial charge on any atom is 0.193 e.